The first-order valence-corrected chi connectivity index (χ1v) is 9.65. The highest BCUT2D eigenvalue weighted by Crippen LogP contribution is 2.12. The topological polar surface area (TPSA) is 61.8 Å². The second-order valence-corrected chi connectivity index (χ2v) is 7.51. The van der Waals surface area contributed by atoms with Gasteiger partial charge in [-0.2, -0.15) is 0 Å². The van der Waals surface area contributed by atoms with Gasteiger partial charge >= 0.3 is 0 Å². The van der Waals surface area contributed by atoms with Crippen LogP contribution >= 0.6 is 11.3 Å². The summed E-state index contributed by atoms with van der Waals surface area (Å²) in [6.07, 6.45) is 0.919. The molecule has 1 unspecified atom stereocenters. The van der Waals surface area contributed by atoms with Gasteiger partial charge in [0.25, 0.3) is 0 Å². The summed E-state index contributed by atoms with van der Waals surface area (Å²) < 4.78 is 5.47. The van der Waals surface area contributed by atoms with Crippen LogP contribution in [0.15, 0.2) is 10.4 Å². The lowest BCUT2D eigenvalue weighted by Gasteiger charge is -2.37. The average Bonchev–Trinajstić information content (AvgIpc) is 2.99. The van der Waals surface area contributed by atoms with Crippen LogP contribution in [0.25, 0.3) is 0 Å². The molecule has 1 fully saturated rings. The minimum absolute atomic E-state index is 0.494. The Bertz CT molecular complexity index is 511. The van der Waals surface area contributed by atoms with Crippen molar-refractivity contribution >= 4 is 17.3 Å². The van der Waals surface area contributed by atoms with E-state index < -0.39 is 0 Å². The third-order valence-corrected chi connectivity index (χ3v) is 5.15. The number of ether oxygens (including phenoxy) is 1. The summed E-state index contributed by atoms with van der Waals surface area (Å²) >= 11 is 1.70. The van der Waals surface area contributed by atoms with Gasteiger partial charge in [-0.3, -0.25) is 9.89 Å². The molecule has 0 radical (unpaired) electrons. The van der Waals surface area contributed by atoms with Crippen LogP contribution in [0, 0.1) is 12.8 Å². The third-order valence-electron chi connectivity index (χ3n) is 4.33. The molecule has 0 spiro atoms. The van der Waals surface area contributed by atoms with E-state index in [1.807, 2.05) is 14.0 Å². The van der Waals surface area contributed by atoms with Crippen molar-refractivity contribution in [3.63, 3.8) is 0 Å². The normalized spacial score (nSPS) is 18.0. The van der Waals surface area contributed by atoms with Crippen LogP contribution in [-0.2, 0) is 11.2 Å². The molecular formula is C17H31N5OS. The van der Waals surface area contributed by atoms with Gasteiger partial charge in [-0.1, -0.05) is 13.8 Å². The molecule has 1 aliphatic rings. The van der Waals surface area contributed by atoms with Crippen LogP contribution in [0.2, 0.25) is 0 Å². The molecule has 0 aromatic carbocycles. The smallest absolute Gasteiger partial charge is 0.191 e. The van der Waals surface area contributed by atoms with E-state index in [-0.39, 0.29) is 0 Å². The van der Waals surface area contributed by atoms with Crippen molar-refractivity contribution < 1.29 is 4.74 Å². The zero-order valence-electron chi connectivity index (χ0n) is 15.3. The highest BCUT2D eigenvalue weighted by Gasteiger charge is 2.23. The van der Waals surface area contributed by atoms with Crippen molar-refractivity contribution in [2.45, 2.75) is 33.2 Å². The van der Waals surface area contributed by atoms with E-state index in [9.17, 15) is 0 Å². The highest BCUT2D eigenvalue weighted by molar-refractivity contribution is 7.09. The maximum absolute atomic E-state index is 5.47. The second kappa shape index (κ2) is 9.96. The molecule has 1 aromatic rings. The number of aliphatic imine (C=N–C) groups is 1. The Morgan fingerprint density at radius 2 is 2.12 bits per heavy atom. The summed E-state index contributed by atoms with van der Waals surface area (Å²) in [5.41, 5.74) is 1.15. The molecule has 7 heteroatoms. The molecule has 2 rings (SSSR count). The zero-order valence-corrected chi connectivity index (χ0v) is 16.2. The van der Waals surface area contributed by atoms with Crippen LogP contribution in [-0.4, -0.2) is 68.3 Å². The highest BCUT2D eigenvalue weighted by atomic mass is 32.1. The Hall–Kier alpha value is -1.18. The molecule has 24 heavy (non-hydrogen) atoms. The Balaban J connectivity index is 1.76. The number of aromatic nitrogens is 1. The monoisotopic (exact) mass is 353 g/mol. The number of morpholine rings is 1. The summed E-state index contributed by atoms with van der Waals surface area (Å²) in [5, 5.41) is 10.1. The first kappa shape index (κ1) is 19.1. The number of nitrogens with zero attached hydrogens (tertiary/aromatic N) is 3. The van der Waals surface area contributed by atoms with E-state index in [0.29, 0.717) is 12.0 Å². The summed E-state index contributed by atoms with van der Waals surface area (Å²) in [6, 6.07) is 0.494. The summed E-state index contributed by atoms with van der Waals surface area (Å²) in [4.78, 5) is 11.3. The van der Waals surface area contributed by atoms with Crippen LogP contribution in [0.5, 0.6) is 0 Å². The lowest BCUT2D eigenvalue weighted by atomic mass is 10.0. The van der Waals surface area contributed by atoms with Gasteiger partial charge in [-0.15, -0.1) is 11.3 Å². The standard InChI is InChI=1S/C17H31N5OS/c1-13(2)16(22-7-9-23-10-8-22)11-20-17(18-4)19-6-5-15-12-24-14(3)21-15/h12-13,16H,5-11H2,1-4H3,(H2,18,19,20). The van der Waals surface area contributed by atoms with Crippen LogP contribution < -0.4 is 10.6 Å². The molecule has 0 aliphatic carbocycles. The Morgan fingerprint density at radius 1 is 1.38 bits per heavy atom. The summed E-state index contributed by atoms with van der Waals surface area (Å²) in [6.45, 7) is 12.0. The largest absolute Gasteiger partial charge is 0.379 e. The molecular weight excluding hydrogens is 322 g/mol. The van der Waals surface area contributed by atoms with Crippen molar-refractivity contribution in [1.82, 2.24) is 20.5 Å². The van der Waals surface area contributed by atoms with E-state index in [0.717, 1.165) is 62.5 Å². The number of nitrogens with one attached hydrogen (secondary N) is 2. The predicted molar refractivity (Wildman–Crippen MR) is 101 cm³/mol. The van der Waals surface area contributed by atoms with Crippen molar-refractivity contribution in [2.24, 2.45) is 10.9 Å². The maximum Gasteiger partial charge on any atom is 0.191 e. The van der Waals surface area contributed by atoms with Crippen LogP contribution in [0.1, 0.15) is 24.5 Å². The maximum atomic E-state index is 5.47. The zero-order chi connectivity index (χ0) is 17.4. The fourth-order valence-electron chi connectivity index (χ4n) is 2.95. The van der Waals surface area contributed by atoms with Gasteiger partial charge in [-0.05, 0) is 12.8 Å². The summed E-state index contributed by atoms with van der Waals surface area (Å²) in [5.74, 6) is 1.45. The molecule has 6 nitrogen and oxygen atoms in total. The Kier molecular flexibility index (Phi) is 7.94. The second-order valence-electron chi connectivity index (χ2n) is 6.45. The van der Waals surface area contributed by atoms with Crippen molar-refractivity contribution in [3.8, 4) is 0 Å². The van der Waals surface area contributed by atoms with Gasteiger partial charge < -0.3 is 15.4 Å². The molecule has 1 atom stereocenters. The van der Waals surface area contributed by atoms with Crippen LogP contribution in [0.3, 0.4) is 0 Å². The van der Waals surface area contributed by atoms with Crippen LogP contribution in [0.4, 0.5) is 0 Å². The Labute approximate surface area is 149 Å². The van der Waals surface area contributed by atoms with E-state index in [2.05, 4.69) is 44.7 Å². The quantitative estimate of drug-likeness (QED) is 0.575. The number of guanidine groups is 1. The number of thiazole rings is 1. The fourth-order valence-corrected chi connectivity index (χ4v) is 3.60. The van der Waals surface area contributed by atoms with E-state index in [1.54, 1.807) is 11.3 Å². The molecule has 0 saturated carbocycles. The fraction of sp³-hybridized carbons (Fsp3) is 0.765. The lowest BCUT2D eigenvalue weighted by molar-refractivity contribution is 0.00752. The van der Waals surface area contributed by atoms with Gasteiger partial charge in [0, 0.05) is 51.1 Å². The minimum Gasteiger partial charge on any atom is -0.379 e. The first-order valence-electron chi connectivity index (χ1n) is 8.77. The molecule has 2 heterocycles. The molecule has 0 amide bonds. The van der Waals surface area contributed by atoms with Crippen molar-refractivity contribution in [1.29, 1.82) is 0 Å². The van der Waals surface area contributed by atoms with Gasteiger partial charge in [0.1, 0.15) is 0 Å². The van der Waals surface area contributed by atoms with Crippen molar-refractivity contribution in [2.75, 3.05) is 46.4 Å². The number of rotatable bonds is 7. The molecule has 1 aromatic heterocycles. The van der Waals surface area contributed by atoms with Gasteiger partial charge in [0.2, 0.25) is 0 Å². The lowest BCUT2D eigenvalue weighted by Crippen LogP contribution is -2.52. The van der Waals surface area contributed by atoms with E-state index in [4.69, 9.17) is 4.74 Å². The van der Waals surface area contributed by atoms with E-state index in [1.165, 1.54) is 0 Å². The van der Waals surface area contributed by atoms with Gasteiger partial charge in [0.05, 0.1) is 23.9 Å². The molecule has 0 bridgehead atoms. The first-order chi connectivity index (χ1) is 11.6. The molecule has 136 valence electrons. The SMILES string of the molecule is CN=C(NCCc1csc(C)n1)NCC(C(C)C)N1CCOCC1. The average molecular weight is 354 g/mol. The number of hydrogen-bond donors (Lipinski definition) is 2. The molecule has 2 N–H and O–H groups in total. The summed E-state index contributed by atoms with van der Waals surface area (Å²) in [7, 11) is 1.82. The van der Waals surface area contributed by atoms with Crippen molar-refractivity contribution in [3.05, 3.63) is 16.1 Å². The molecule has 1 saturated heterocycles. The minimum atomic E-state index is 0.494. The third kappa shape index (κ3) is 6.03. The van der Waals surface area contributed by atoms with Gasteiger partial charge in [0.15, 0.2) is 5.96 Å². The number of hydrogen-bond acceptors (Lipinski definition) is 5. The molecule has 1 aliphatic heterocycles. The Morgan fingerprint density at radius 3 is 2.71 bits per heavy atom. The predicted octanol–water partition coefficient (Wildman–Crippen LogP) is 1.52. The van der Waals surface area contributed by atoms with E-state index >= 15 is 0 Å². The van der Waals surface area contributed by atoms with Gasteiger partial charge in [-0.25, -0.2) is 4.98 Å². The number of aryl methyl sites for hydroxylation is 1.